The third kappa shape index (κ3) is 39.5. The van der Waals surface area contributed by atoms with E-state index in [1.807, 2.05) is 0 Å². The Bertz CT molecular complexity index is 404. The molecule has 216 valence electrons. The molecule has 0 rings (SSSR count). The van der Waals surface area contributed by atoms with Crippen molar-refractivity contribution in [1.82, 2.24) is 0 Å². The summed E-state index contributed by atoms with van der Waals surface area (Å²) in [6.45, 7) is 4.98. The van der Waals surface area contributed by atoms with Crippen LogP contribution in [0.5, 0.6) is 0 Å². The average molecular weight is 523 g/mol. The Balaban J connectivity index is -0.000000454. The first-order valence-electron chi connectivity index (χ1n) is 13.7. The minimum atomic E-state index is -0.492. The summed E-state index contributed by atoms with van der Waals surface area (Å²) in [6.07, 6.45) is 18.0. The molecule has 0 saturated heterocycles. The molecule has 0 heterocycles. The van der Waals surface area contributed by atoms with Gasteiger partial charge < -0.3 is 29.5 Å². The second-order valence-electron chi connectivity index (χ2n) is 8.43. The van der Waals surface area contributed by atoms with Gasteiger partial charge in [-0.1, -0.05) is 97.8 Å². The predicted octanol–water partition coefficient (Wildman–Crippen LogP) is 5.52. The van der Waals surface area contributed by atoms with Crippen molar-refractivity contribution >= 4 is 17.9 Å². The van der Waals surface area contributed by atoms with Crippen molar-refractivity contribution in [3.05, 3.63) is 0 Å². The maximum atomic E-state index is 10.7. The van der Waals surface area contributed by atoms with Crippen LogP contribution >= 0.6 is 0 Å². The molecule has 9 nitrogen and oxygen atoms in total. The number of carbonyl (C=O) groups is 3. The molecule has 0 aliphatic rings. The summed E-state index contributed by atoms with van der Waals surface area (Å²) in [5, 5.41) is 24.7. The van der Waals surface area contributed by atoms with Crippen LogP contribution in [0.4, 0.5) is 0 Å². The second-order valence-corrected chi connectivity index (χ2v) is 8.43. The molecular weight excluding hydrogens is 468 g/mol. The van der Waals surface area contributed by atoms with Gasteiger partial charge in [-0.3, -0.25) is 14.4 Å². The Morgan fingerprint density at radius 1 is 0.417 bits per heavy atom. The summed E-state index contributed by atoms with van der Waals surface area (Å²) in [7, 11) is 0. The quantitative estimate of drug-likeness (QED) is 0.0769. The molecule has 36 heavy (non-hydrogen) atoms. The number of carbonyl (C=O) groups excluding carboxylic acids is 3. The molecule has 0 aliphatic carbocycles. The van der Waals surface area contributed by atoms with E-state index in [1.54, 1.807) is 0 Å². The van der Waals surface area contributed by atoms with E-state index in [9.17, 15) is 14.4 Å². The van der Waals surface area contributed by atoms with E-state index < -0.39 is 20.4 Å². The van der Waals surface area contributed by atoms with Gasteiger partial charge in [-0.2, -0.15) is 0 Å². The average Bonchev–Trinajstić information content (AvgIpc) is 2.85. The van der Waals surface area contributed by atoms with E-state index in [4.69, 9.17) is 15.3 Å². The van der Waals surface area contributed by atoms with Gasteiger partial charge in [0.2, 0.25) is 0 Å². The summed E-state index contributed by atoms with van der Waals surface area (Å²) in [4.78, 5) is 32.1. The first-order valence-corrected chi connectivity index (χ1v) is 13.7. The molecular formula is C27H54O9. The highest BCUT2D eigenvalue weighted by Crippen LogP contribution is 2.07. The lowest BCUT2D eigenvalue weighted by molar-refractivity contribution is -0.152. The molecule has 0 aliphatic heterocycles. The zero-order chi connectivity index (χ0) is 27.7. The van der Waals surface area contributed by atoms with Crippen LogP contribution < -0.4 is 0 Å². The van der Waals surface area contributed by atoms with Gasteiger partial charge in [-0.15, -0.1) is 0 Å². The third-order valence-corrected chi connectivity index (χ3v) is 5.13. The van der Waals surface area contributed by atoms with Gasteiger partial charge in [0, 0.05) is 19.3 Å². The van der Waals surface area contributed by atoms with Crippen LogP contribution in [-0.4, -0.2) is 53.6 Å². The Morgan fingerprint density at radius 3 is 0.833 bits per heavy atom. The minimum Gasteiger partial charge on any atom is -0.439 e. The smallest absolute Gasteiger partial charge is 0.307 e. The van der Waals surface area contributed by atoms with Gasteiger partial charge in [0.25, 0.3) is 0 Å². The van der Waals surface area contributed by atoms with Crippen LogP contribution in [0.1, 0.15) is 136 Å². The van der Waals surface area contributed by atoms with Crippen molar-refractivity contribution in [1.29, 1.82) is 0 Å². The molecule has 0 unspecified atom stereocenters. The standard InChI is InChI=1S/3C9H18O3/c3*1-2-3-4-5-6-7-9(11)12-8-10/h3*10H,2-8H2,1H3. The van der Waals surface area contributed by atoms with Crippen molar-refractivity contribution < 1.29 is 43.9 Å². The second kappa shape index (κ2) is 35.5. The minimum absolute atomic E-state index is 0.297. The van der Waals surface area contributed by atoms with Crippen LogP contribution in [-0.2, 0) is 28.6 Å². The lowest BCUT2D eigenvalue weighted by atomic mass is 10.1. The predicted molar refractivity (Wildman–Crippen MR) is 140 cm³/mol. The third-order valence-electron chi connectivity index (χ3n) is 5.13. The molecule has 3 N–H and O–H groups in total. The number of hydrogen-bond donors (Lipinski definition) is 3. The van der Waals surface area contributed by atoms with Gasteiger partial charge in [0.1, 0.15) is 0 Å². The van der Waals surface area contributed by atoms with E-state index in [2.05, 4.69) is 35.0 Å². The summed E-state index contributed by atoms with van der Waals surface area (Å²) in [6, 6.07) is 0. The van der Waals surface area contributed by atoms with E-state index in [0.717, 1.165) is 38.5 Å². The van der Waals surface area contributed by atoms with Gasteiger partial charge in [-0.05, 0) is 19.3 Å². The molecule has 0 fully saturated rings. The molecule has 0 spiro atoms. The number of hydrogen-bond acceptors (Lipinski definition) is 9. The van der Waals surface area contributed by atoms with E-state index in [-0.39, 0.29) is 17.9 Å². The number of aliphatic hydroxyl groups excluding tert-OH is 3. The van der Waals surface area contributed by atoms with Crippen molar-refractivity contribution in [3.63, 3.8) is 0 Å². The van der Waals surface area contributed by atoms with Crippen molar-refractivity contribution in [2.75, 3.05) is 20.4 Å². The highest BCUT2D eigenvalue weighted by molar-refractivity contribution is 5.69. The first kappa shape index (κ1) is 38.8. The number of rotatable bonds is 21. The molecule has 0 amide bonds. The Morgan fingerprint density at radius 2 is 0.639 bits per heavy atom. The fourth-order valence-electron chi connectivity index (χ4n) is 3.05. The summed E-state index contributed by atoms with van der Waals surface area (Å²) in [5.74, 6) is -0.892. The molecule has 0 radical (unpaired) electrons. The van der Waals surface area contributed by atoms with Crippen LogP contribution in [0.3, 0.4) is 0 Å². The zero-order valence-electron chi connectivity index (χ0n) is 23.1. The number of aliphatic hydroxyl groups is 3. The highest BCUT2D eigenvalue weighted by Gasteiger charge is 2.01. The molecule has 0 bridgehead atoms. The van der Waals surface area contributed by atoms with Gasteiger partial charge >= 0.3 is 17.9 Å². The zero-order valence-corrected chi connectivity index (χ0v) is 23.1. The highest BCUT2D eigenvalue weighted by atomic mass is 16.6. The van der Waals surface area contributed by atoms with Gasteiger partial charge in [0.15, 0.2) is 20.4 Å². The van der Waals surface area contributed by atoms with E-state index in [1.165, 1.54) is 57.8 Å². The summed E-state index contributed by atoms with van der Waals surface area (Å²) >= 11 is 0. The first-order chi connectivity index (χ1) is 17.4. The molecule has 9 heteroatoms. The van der Waals surface area contributed by atoms with Crippen LogP contribution in [0, 0.1) is 0 Å². The van der Waals surface area contributed by atoms with Crippen LogP contribution in [0.25, 0.3) is 0 Å². The van der Waals surface area contributed by atoms with Crippen LogP contribution in [0.15, 0.2) is 0 Å². The topological polar surface area (TPSA) is 140 Å². The molecule has 0 aromatic carbocycles. The largest absolute Gasteiger partial charge is 0.439 e. The molecule has 0 aromatic rings. The Labute approximate surface area is 218 Å². The van der Waals surface area contributed by atoms with Crippen molar-refractivity contribution in [3.8, 4) is 0 Å². The number of unbranched alkanes of at least 4 members (excludes halogenated alkanes) is 12. The van der Waals surface area contributed by atoms with Crippen molar-refractivity contribution in [2.24, 2.45) is 0 Å². The van der Waals surface area contributed by atoms with E-state index in [0.29, 0.717) is 19.3 Å². The van der Waals surface area contributed by atoms with Gasteiger partial charge in [0.05, 0.1) is 0 Å². The molecule has 0 aromatic heterocycles. The lowest BCUT2D eigenvalue weighted by Gasteiger charge is -2.00. The van der Waals surface area contributed by atoms with E-state index >= 15 is 0 Å². The maximum Gasteiger partial charge on any atom is 0.307 e. The number of ether oxygens (including phenoxy) is 3. The fourth-order valence-corrected chi connectivity index (χ4v) is 3.05. The monoisotopic (exact) mass is 522 g/mol. The number of esters is 3. The lowest BCUT2D eigenvalue weighted by Crippen LogP contribution is -2.04. The normalized spacial score (nSPS) is 9.83. The Hall–Kier alpha value is -1.71. The molecule has 0 atom stereocenters. The van der Waals surface area contributed by atoms with Gasteiger partial charge in [-0.25, -0.2) is 0 Å². The fraction of sp³-hybridized carbons (Fsp3) is 0.889. The molecule has 0 saturated carbocycles. The summed E-state index contributed by atoms with van der Waals surface area (Å²) in [5.41, 5.74) is 0. The Kier molecular flexibility index (Phi) is 38.2. The summed E-state index contributed by atoms with van der Waals surface area (Å²) < 4.78 is 13.1. The van der Waals surface area contributed by atoms with Crippen molar-refractivity contribution in [2.45, 2.75) is 136 Å². The maximum absolute atomic E-state index is 10.7. The van der Waals surface area contributed by atoms with Crippen LogP contribution in [0.2, 0.25) is 0 Å². The SMILES string of the molecule is CCCCCCCC(=O)OCO.CCCCCCCC(=O)OCO.CCCCCCCC(=O)OCO.